The quantitative estimate of drug-likeness (QED) is 0.221. The number of aryl methyl sites for hydroxylation is 3. The molecule has 1 atom stereocenters. The maximum atomic E-state index is 12.6. The van der Waals surface area contributed by atoms with E-state index in [1.807, 2.05) is 24.3 Å². The fraction of sp³-hybridized carbons (Fsp3) is 0.333. The number of nitrogens with zero attached hydrogens (tertiary/aromatic N) is 1. The number of hydrogen-bond acceptors (Lipinski definition) is 6. The number of likely N-dealkylation sites (tertiary alicyclic amines) is 1. The molecule has 6 rings (SSSR count). The topological polar surface area (TPSA) is 78.9 Å². The summed E-state index contributed by atoms with van der Waals surface area (Å²) in [6.45, 7) is 6.52. The smallest absolute Gasteiger partial charge is 0.271 e. The molecule has 1 aliphatic carbocycles. The summed E-state index contributed by atoms with van der Waals surface area (Å²) in [5.41, 5.74) is 8.61. The van der Waals surface area contributed by atoms with E-state index in [-0.39, 0.29) is 18.5 Å². The van der Waals surface area contributed by atoms with Gasteiger partial charge in [0, 0.05) is 25.3 Å². The Morgan fingerprint density at radius 3 is 2.51 bits per heavy atom. The summed E-state index contributed by atoms with van der Waals surface area (Å²) in [4.78, 5) is 25.7. The molecule has 4 aromatic carbocycles. The molecule has 0 bridgehead atoms. The van der Waals surface area contributed by atoms with Crippen molar-refractivity contribution >= 4 is 22.5 Å². The molecule has 0 radical (unpaired) electrons. The second-order valence-electron chi connectivity index (χ2n) is 11.8. The first-order valence-corrected chi connectivity index (χ1v) is 15.1. The van der Waals surface area contributed by atoms with Gasteiger partial charge in [-0.3, -0.25) is 18.9 Å². The fourth-order valence-corrected chi connectivity index (χ4v) is 6.53. The van der Waals surface area contributed by atoms with Crippen molar-refractivity contribution in [3.63, 3.8) is 0 Å². The van der Waals surface area contributed by atoms with Crippen LogP contribution in [0, 0.1) is 13.8 Å². The molecule has 0 saturated carbocycles. The van der Waals surface area contributed by atoms with Gasteiger partial charge in [-0.05, 0) is 109 Å². The van der Waals surface area contributed by atoms with Crippen molar-refractivity contribution in [1.82, 2.24) is 4.90 Å². The summed E-state index contributed by atoms with van der Waals surface area (Å²) in [5.74, 6) is 0.320. The van der Waals surface area contributed by atoms with Gasteiger partial charge in [0.1, 0.15) is 17.5 Å². The zero-order valence-electron chi connectivity index (χ0n) is 24.7. The third-order valence-corrected chi connectivity index (χ3v) is 8.69. The molecule has 1 unspecified atom stereocenters. The summed E-state index contributed by atoms with van der Waals surface area (Å²) >= 11 is 0. The molecular formula is C36H37FN2O4. The number of benzene rings is 3. The molecule has 4 aromatic rings. The van der Waals surface area contributed by atoms with Gasteiger partial charge in [0.15, 0.2) is 5.75 Å². The third-order valence-electron chi connectivity index (χ3n) is 8.69. The van der Waals surface area contributed by atoms with Gasteiger partial charge in [0.2, 0.25) is 0 Å². The van der Waals surface area contributed by atoms with Gasteiger partial charge in [-0.15, -0.1) is 0 Å². The van der Waals surface area contributed by atoms with Gasteiger partial charge in [0.25, 0.3) is 10.9 Å². The van der Waals surface area contributed by atoms with Crippen molar-refractivity contribution in [2.75, 3.05) is 31.6 Å². The van der Waals surface area contributed by atoms with Crippen molar-refractivity contribution in [3.8, 4) is 11.5 Å². The highest BCUT2D eigenvalue weighted by molar-refractivity contribution is 6.00. The van der Waals surface area contributed by atoms with Crippen LogP contribution in [0.3, 0.4) is 0 Å². The molecule has 7 heteroatoms. The summed E-state index contributed by atoms with van der Waals surface area (Å²) in [7, 11) is 0. The number of anilines is 2. The van der Waals surface area contributed by atoms with Crippen LogP contribution in [0.25, 0.3) is 11.1 Å². The first-order chi connectivity index (χ1) is 20.8. The maximum Gasteiger partial charge on any atom is 0.271 e. The minimum absolute atomic E-state index is 0.0475. The Morgan fingerprint density at radius 1 is 0.977 bits per heavy atom. The predicted octanol–water partition coefficient (Wildman–Crippen LogP) is 6.46. The Labute approximate surface area is 251 Å². The molecular weight excluding hydrogens is 543 g/mol. The molecule has 1 saturated heterocycles. The van der Waals surface area contributed by atoms with Crippen LogP contribution in [0.4, 0.5) is 15.8 Å². The zero-order valence-corrected chi connectivity index (χ0v) is 24.7. The number of ether oxygens (including phenoxy) is 1. The van der Waals surface area contributed by atoms with Crippen LogP contribution in [0.15, 0.2) is 70.3 Å². The first kappa shape index (κ1) is 28.9. The lowest BCUT2D eigenvalue weighted by atomic mass is 9.86. The van der Waals surface area contributed by atoms with E-state index in [0.29, 0.717) is 12.1 Å². The molecule has 1 aliphatic heterocycles. The van der Waals surface area contributed by atoms with Crippen molar-refractivity contribution in [2.45, 2.75) is 52.1 Å². The van der Waals surface area contributed by atoms with Crippen molar-refractivity contribution in [2.24, 2.45) is 0 Å². The molecule has 1 heterocycles. The van der Waals surface area contributed by atoms with Gasteiger partial charge in [0.05, 0.1) is 6.67 Å². The van der Waals surface area contributed by atoms with Gasteiger partial charge in [-0.1, -0.05) is 42.0 Å². The van der Waals surface area contributed by atoms with Gasteiger partial charge in [-0.25, -0.2) is 0 Å². The van der Waals surface area contributed by atoms with E-state index in [0.717, 1.165) is 67.8 Å². The molecule has 6 nitrogen and oxygen atoms in total. The van der Waals surface area contributed by atoms with E-state index in [1.165, 1.54) is 27.8 Å². The second-order valence-corrected chi connectivity index (χ2v) is 11.8. The second kappa shape index (κ2) is 12.2. The van der Waals surface area contributed by atoms with E-state index in [2.05, 4.69) is 60.5 Å². The van der Waals surface area contributed by atoms with Crippen LogP contribution in [0.2, 0.25) is 0 Å². The summed E-state index contributed by atoms with van der Waals surface area (Å²) < 4.78 is 18.9. The van der Waals surface area contributed by atoms with Crippen molar-refractivity contribution < 1.29 is 14.2 Å². The van der Waals surface area contributed by atoms with Crippen LogP contribution >= 0.6 is 0 Å². The number of rotatable bonds is 9. The Morgan fingerprint density at radius 2 is 1.77 bits per heavy atom. The molecule has 2 aliphatic rings. The molecule has 43 heavy (non-hydrogen) atoms. The highest BCUT2D eigenvalue weighted by atomic mass is 19.1. The van der Waals surface area contributed by atoms with E-state index in [4.69, 9.17) is 4.74 Å². The summed E-state index contributed by atoms with van der Waals surface area (Å²) in [6, 6.07) is 20.9. The third kappa shape index (κ3) is 5.87. The van der Waals surface area contributed by atoms with E-state index < -0.39 is 16.6 Å². The normalized spacial score (nSPS) is 17.2. The van der Waals surface area contributed by atoms with Crippen molar-refractivity contribution in [1.29, 1.82) is 0 Å². The standard InChI is InChI=1S/C36H37FN2O4/c1-22-7-13-29(23(2)19-22)31-6-3-5-25-20-26(38-33-34(40)36(42)35(33)41)10-14-30(25)32(31)24-8-11-27(12-9-24)43-28-15-18-39(21-28)17-4-16-37/h7-14,19-20,28,38,40H,3-6,15-18,21H2,1-2H3. The van der Waals surface area contributed by atoms with E-state index in [1.54, 1.807) is 0 Å². The lowest BCUT2D eigenvalue weighted by Crippen LogP contribution is -2.32. The molecule has 1 fully saturated rings. The number of allylic oxidation sites excluding steroid dienone is 1. The monoisotopic (exact) mass is 580 g/mol. The highest BCUT2D eigenvalue weighted by Gasteiger charge is 2.25. The van der Waals surface area contributed by atoms with Gasteiger partial charge < -0.3 is 15.2 Å². The largest absolute Gasteiger partial charge is 0.502 e. The Bertz CT molecular complexity index is 1750. The lowest BCUT2D eigenvalue weighted by Gasteiger charge is -2.20. The molecule has 222 valence electrons. The lowest BCUT2D eigenvalue weighted by molar-refractivity contribution is 0.198. The van der Waals surface area contributed by atoms with Crippen LogP contribution in [-0.2, 0) is 6.42 Å². The molecule has 0 spiro atoms. The van der Waals surface area contributed by atoms with E-state index >= 15 is 0 Å². The Kier molecular flexibility index (Phi) is 8.17. The minimum Gasteiger partial charge on any atom is -0.502 e. The highest BCUT2D eigenvalue weighted by Crippen LogP contribution is 2.42. The number of alkyl halides is 1. The Balaban J connectivity index is 1.35. The zero-order chi connectivity index (χ0) is 30.1. The van der Waals surface area contributed by atoms with Crippen LogP contribution < -0.4 is 20.9 Å². The van der Waals surface area contributed by atoms with E-state index in [9.17, 15) is 19.1 Å². The maximum absolute atomic E-state index is 12.6. The average Bonchev–Trinajstić information content (AvgIpc) is 3.37. The predicted molar refractivity (Wildman–Crippen MR) is 170 cm³/mol. The van der Waals surface area contributed by atoms with Crippen LogP contribution in [0.5, 0.6) is 11.5 Å². The number of halogens is 1. The number of hydrogen-bond donors (Lipinski definition) is 2. The fourth-order valence-electron chi connectivity index (χ4n) is 6.53. The van der Waals surface area contributed by atoms with Crippen molar-refractivity contribution in [3.05, 3.63) is 114 Å². The average molecular weight is 581 g/mol. The van der Waals surface area contributed by atoms with Crippen LogP contribution in [-0.4, -0.2) is 42.4 Å². The molecule has 2 N–H and O–H groups in total. The SMILES string of the molecule is Cc1ccc(C2=C(c3ccc(OC4CCN(CCCF)C4)cc3)c3ccc(Nc4c(O)c(=O)c4=O)cc3CCC2)c(C)c1. The summed E-state index contributed by atoms with van der Waals surface area (Å²) in [5, 5.41) is 12.8. The molecule has 0 aromatic heterocycles. The van der Waals surface area contributed by atoms with Crippen LogP contribution in [0.1, 0.15) is 59.1 Å². The Hall–Kier alpha value is -4.23. The van der Waals surface area contributed by atoms with Gasteiger partial charge >= 0.3 is 0 Å². The van der Waals surface area contributed by atoms with Gasteiger partial charge in [-0.2, -0.15) is 0 Å². The number of aromatic hydroxyl groups is 1. The summed E-state index contributed by atoms with van der Waals surface area (Å²) in [6.07, 6.45) is 4.32. The minimum atomic E-state index is -0.852. The first-order valence-electron chi connectivity index (χ1n) is 15.1. The number of nitrogens with one attached hydrogen (secondary N) is 1. The number of fused-ring (bicyclic) bond motifs is 1. The molecule has 0 amide bonds.